The highest BCUT2D eigenvalue weighted by molar-refractivity contribution is 5.50. The lowest BCUT2D eigenvalue weighted by molar-refractivity contribution is -0.0180. The third kappa shape index (κ3) is 5.11. The predicted octanol–water partition coefficient (Wildman–Crippen LogP) is 4.04. The first-order valence-corrected chi connectivity index (χ1v) is 9.19. The number of hydrogen-bond donors (Lipinski definition) is 1. The van der Waals surface area contributed by atoms with Crippen molar-refractivity contribution in [2.75, 3.05) is 13.2 Å². The van der Waals surface area contributed by atoms with Crippen LogP contribution < -0.4 is 9.47 Å². The molecule has 1 N–H and O–H groups in total. The maximum absolute atomic E-state index is 10.6. The van der Waals surface area contributed by atoms with Gasteiger partial charge in [0.2, 0.25) is 0 Å². The number of fused-ring (bicyclic) bond motifs is 1. The summed E-state index contributed by atoms with van der Waals surface area (Å²) in [5.74, 6) is 1.54. The van der Waals surface area contributed by atoms with E-state index in [1.165, 1.54) is 5.56 Å². The van der Waals surface area contributed by atoms with Gasteiger partial charge in [-0.3, -0.25) is 4.90 Å². The molecule has 1 atom stereocenters. The first-order chi connectivity index (χ1) is 11.3. The van der Waals surface area contributed by atoms with Gasteiger partial charge in [0.25, 0.3) is 0 Å². The van der Waals surface area contributed by atoms with Gasteiger partial charge in [-0.25, -0.2) is 0 Å². The van der Waals surface area contributed by atoms with Crippen LogP contribution in [0.4, 0.5) is 0 Å². The lowest BCUT2D eigenvalue weighted by Crippen LogP contribution is -2.55. The van der Waals surface area contributed by atoms with Gasteiger partial charge in [0, 0.05) is 29.6 Å². The third-order valence-electron chi connectivity index (χ3n) is 4.50. The van der Waals surface area contributed by atoms with Crippen molar-refractivity contribution in [3.8, 4) is 11.5 Å². The number of para-hydroxylation sites is 1. The van der Waals surface area contributed by atoms with Crippen molar-refractivity contribution < 1.29 is 14.6 Å². The van der Waals surface area contributed by atoms with Gasteiger partial charge in [0.1, 0.15) is 18.3 Å². The highest BCUT2D eigenvalue weighted by atomic mass is 16.5. The summed E-state index contributed by atoms with van der Waals surface area (Å²) in [6.45, 7) is 18.0. The molecule has 1 heterocycles. The van der Waals surface area contributed by atoms with Crippen LogP contribution in [-0.2, 0) is 6.42 Å². The molecule has 1 aliphatic heterocycles. The summed E-state index contributed by atoms with van der Waals surface area (Å²) in [6, 6.07) is 5.98. The Morgan fingerprint density at radius 1 is 1.16 bits per heavy atom. The Hall–Kier alpha value is -1.26. The van der Waals surface area contributed by atoms with Crippen LogP contribution in [0.5, 0.6) is 11.5 Å². The molecule has 0 aliphatic carbocycles. The zero-order valence-corrected chi connectivity index (χ0v) is 17.1. The average molecular weight is 350 g/mol. The number of rotatable bonds is 5. The normalized spacial score (nSPS) is 18.0. The van der Waals surface area contributed by atoms with Gasteiger partial charge in [0.05, 0.1) is 0 Å². The number of ether oxygens (including phenoxy) is 2. The van der Waals surface area contributed by atoms with E-state index in [4.69, 9.17) is 9.47 Å². The standard InChI is InChI=1S/C21H35NO3/c1-19(2,3)22(20(4,5)6)13-16(23)14-24-17-11-9-10-15-12-21(7,8)25-18(15)17/h9-11,16,23H,12-14H2,1-8H3. The molecule has 0 saturated carbocycles. The molecule has 2 rings (SSSR count). The third-order valence-corrected chi connectivity index (χ3v) is 4.50. The summed E-state index contributed by atoms with van der Waals surface area (Å²) < 4.78 is 12.0. The van der Waals surface area contributed by atoms with Crippen LogP contribution in [0, 0.1) is 0 Å². The predicted molar refractivity (Wildman–Crippen MR) is 103 cm³/mol. The summed E-state index contributed by atoms with van der Waals surface area (Å²) in [6.07, 6.45) is 0.313. The van der Waals surface area contributed by atoms with Gasteiger partial charge in [-0.05, 0) is 61.5 Å². The number of aliphatic hydroxyl groups excluding tert-OH is 1. The van der Waals surface area contributed by atoms with E-state index in [0.29, 0.717) is 6.54 Å². The number of benzene rings is 1. The van der Waals surface area contributed by atoms with Crippen molar-refractivity contribution >= 4 is 0 Å². The molecule has 25 heavy (non-hydrogen) atoms. The molecule has 0 radical (unpaired) electrons. The molecule has 142 valence electrons. The number of hydrogen-bond acceptors (Lipinski definition) is 4. The molecule has 1 aromatic rings. The molecule has 4 heteroatoms. The fourth-order valence-electron chi connectivity index (χ4n) is 3.70. The Morgan fingerprint density at radius 3 is 2.32 bits per heavy atom. The number of nitrogens with zero attached hydrogens (tertiary/aromatic N) is 1. The number of β-amino-alcohol motifs (C(OH)–C–C–N with tert-alkyl or cyclic N) is 1. The molecule has 0 fully saturated rings. The van der Waals surface area contributed by atoms with Crippen molar-refractivity contribution in [3.63, 3.8) is 0 Å². The molecular formula is C21H35NO3. The van der Waals surface area contributed by atoms with Crippen molar-refractivity contribution in [3.05, 3.63) is 23.8 Å². The first-order valence-electron chi connectivity index (χ1n) is 9.19. The fourth-order valence-corrected chi connectivity index (χ4v) is 3.70. The molecule has 4 nitrogen and oxygen atoms in total. The van der Waals surface area contributed by atoms with Gasteiger partial charge in [-0.2, -0.15) is 0 Å². The van der Waals surface area contributed by atoms with Crippen molar-refractivity contribution in [2.24, 2.45) is 0 Å². The summed E-state index contributed by atoms with van der Waals surface area (Å²) >= 11 is 0. The molecule has 0 bridgehead atoms. The maximum Gasteiger partial charge on any atom is 0.165 e. The second-order valence-corrected chi connectivity index (χ2v) is 9.70. The zero-order valence-electron chi connectivity index (χ0n) is 17.1. The van der Waals surface area contributed by atoms with Crippen LogP contribution in [0.2, 0.25) is 0 Å². The largest absolute Gasteiger partial charge is 0.487 e. The minimum Gasteiger partial charge on any atom is -0.487 e. The van der Waals surface area contributed by atoms with Gasteiger partial charge >= 0.3 is 0 Å². The Labute approximate surface area is 153 Å². The van der Waals surface area contributed by atoms with Crippen LogP contribution in [0.15, 0.2) is 18.2 Å². The summed E-state index contributed by atoms with van der Waals surface area (Å²) in [5.41, 5.74) is 0.916. The summed E-state index contributed by atoms with van der Waals surface area (Å²) in [4.78, 5) is 2.31. The summed E-state index contributed by atoms with van der Waals surface area (Å²) in [7, 11) is 0. The molecule has 0 amide bonds. The topological polar surface area (TPSA) is 41.9 Å². The van der Waals surface area contributed by atoms with E-state index < -0.39 is 6.10 Å². The zero-order chi connectivity index (χ0) is 19.0. The van der Waals surface area contributed by atoms with Crippen molar-refractivity contribution in [1.29, 1.82) is 0 Å². The van der Waals surface area contributed by atoms with E-state index in [-0.39, 0.29) is 23.3 Å². The van der Waals surface area contributed by atoms with E-state index in [2.05, 4.69) is 66.4 Å². The van der Waals surface area contributed by atoms with Crippen LogP contribution in [0.1, 0.15) is 61.0 Å². The van der Waals surface area contributed by atoms with Crippen molar-refractivity contribution in [1.82, 2.24) is 4.90 Å². The van der Waals surface area contributed by atoms with Crippen LogP contribution in [0.3, 0.4) is 0 Å². The van der Waals surface area contributed by atoms with E-state index in [9.17, 15) is 5.11 Å². The molecular weight excluding hydrogens is 314 g/mol. The van der Waals surface area contributed by atoms with E-state index in [1.54, 1.807) is 0 Å². The highest BCUT2D eigenvalue weighted by Crippen LogP contribution is 2.41. The average Bonchev–Trinajstić information content (AvgIpc) is 2.74. The maximum atomic E-state index is 10.6. The lowest BCUT2D eigenvalue weighted by Gasteiger charge is -2.46. The van der Waals surface area contributed by atoms with Crippen LogP contribution in [0.25, 0.3) is 0 Å². The molecule has 0 spiro atoms. The van der Waals surface area contributed by atoms with Gasteiger partial charge in [0.15, 0.2) is 11.5 Å². The molecule has 0 saturated heterocycles. The monoisotopic (exact) mass is 349 g/mol. The Morgan fingerprint density at radius 2 is 1.76 bits per heavy atom. The Balaban J connectivity index is 2.02. The van der Waals surface area contributed by atoms with E-state index in [1.807, 2.05) is 12.1 Å². The van der Waals surface area contributed by atoms with E-state index in [0.717, 1.165) is 17.9 Å². The smallest absolute Gasteiger partial charge is 0.165 e. The Bertz CT molecular complexity index is 582. The fraction of sp³-hybridized carbons (Fsp3) is 0.714. The SMILES string of the molecule is CC1(C)Cc2cccc(OCC(O)CN(C(C)(C)C)C(C)(C)C)c2O1. The molecule has 1 aromatic carbocycles. The quantitative estimate of drug-likeness (QED) is 0.871. The van der Waals surface area contributed by atoms with Gasteiger partial charge in [-0.15, -0.1) is 0 Å². The minimum absolute atomic E-state index is 0.0274. The van der Waals surface area contributed by atoms with Gasteiger partial charge in [-0.1, -0.05) is 12.1 Å². The van der Waals surface area contributed by atoms with Crippen molar-refractivity contribution in [2.45, 2.75) is 84.6 Å². The molecule has 1 unspecified atom stereocenters. The first kappa shape index (κ1) is 20.1. The van der Waals surface area contributed by atoms with Crippen LogP contribution >= 0.6 is 0 Å². The molecule has 1 aliphatic rings. The second-order valence-electron chi connectivity index (χ2n) is 9.70. The summed E-state index contributed by atoms with van der Waals surface area (Å²) in [5, 5.41) is 10.6. The molecule has 0 aromatic heterocycles. The minimum atomic E-state index is -0.566. The van der Waals surface area contributed by atoms with Gasteiger partial charge < -0.3 is 14.6 Å². The lowest BCUT2D eigenvalue weighted by atomic mass is 9.95. The highest BCUT2D eigenvalue weighted by Gasteiger charge is 2.34. The van der Waals surface area contributed by atoms with Crippen LogP contribution in [-0.4, -0.2) is 45.9 Å². The number of aliphatic hydroxyl groups is 1. The second kappa shape index (κ2) is 6.81. The van der Waals surface area contributed by atoms with E-state index >= 15 is 0 Å². The Kier molecular flexibility index (Phi) is 5.46.